The number of carboxylic acids is 1. The Hall–Kier alpha value is -3.35. The van der Waals surface area contributed by atoms with E-state index in [1.54, 1.807) is 18.2 Å². The van der Waals surface area contributed by atoms with Crippen LogP contribution in [0.15, 0.2) is 71.7 Å². The Morgan fingerprint density at radius 2 is 1.77 bits per heavy atom. The Balaban J connectivity index is 1.53. The van der Waals surface area contributed by atoms with E-state index in [-0.39, 0.29) is 18.4 Å². The van der Waals surface area contributed by atoms with Gasteiger partial charge >= 0.3 is 5.97 Å². The summed E-state index contributed by atoms with van der Waals surface area (Å²) in [5, 5.41) is 16.7. The fourth-order valence-electron chi connectivity index (χ4n) is 3.99. The van der Waals surface area contributed by atoms with Crippen molar-refractivity contribution in [2.75, 3.05) is 5.32 Å². The van der Waals surface area contributed by atoms with Gasteiger partial charge in [0.15, 0.2) is 0 Å². The van der Waals surface area contributed by atoms with Gasteiger partial charge in [0.2, 0.25) is 0 Å². The van der Waals surface area contributed by atoms with Crippen molar-refractivity contribution in [3.63, 3.8) is 0 Å². The molecule has 3 N–H and O–H groups in total. The summed E-state index contributed by atoms with van der Waals surface area (Å²) >= 11 is 12.1. The Morgan fingerprint density at radius 1 is 0.971 bits per heavy atom. The summed E-state index contributed by atoms with van der Waals surface area (Å²) < 4.78 is 0. The highest BCUT2D eigenvalue weighted by atomic mass is 35.5. The monoisotopic (exact) mass is 509 g/mol. The lowest BCUT2D eigenvalue weighted by molar-refractivity contribution is -0.137. The maximum absolute atomic E-state index is 12.8. The zero-order chi connectivity index (χ0) is 24.8. The van der Waals surface area contributed by atoms with Crippen LogP contribution in [0.25, 0.3) is 0 Å². The number of carboxylic acid groups (broad SMARTS) is 1. The number of aliphatic carboxylic acids is 1. The molecule has 0 spiro atoms. The van der Waals surface area contributed by atoms with E-state index in [0.717, 1.165) is 22.5 Å². The van der Waals surface area contributed by atoms with Gasteiger partial charge < -0.3 is 15.7 Å². The molecule has 180 valence electrons. The number of anilines is 1. The van der Waals surface area contributed by atoms with E-state index in [4.69, 9.17) is 33.3 Å². The van der Waals surface area contributed by atoms with Crippen molar-refractivity contribution in [1.82, 2.24) is 5.32 Å². The number of rotatable bonds is 9. The van der Waals surface area contributed by atoms with E-state index in [9.17, 15) is 9.59 Å². The van der Waals surface area contributed by atoms with Crippen LogP contribution in [0.1, 0.15) is 53.2 Å². The highest BCUT2D eigenvalue weighted by Gasteiger charge is 2.24. The first-order valence-corrected chi connectivity index (χ1v) is 12.1. The van der Waals surface area contributed by atoms with Gasteiger partial charge in [-0.15, -0.1) is 0 Å². The van der Waals surface area contributed by atoms with Crippen LogP contribution in [-0.2, 0) is 11.3 Å². The fourth-order valence-corrected chi connectivity index (χ4v) is 4.33. The normalized spacial score (nSPS) is 14.5. The third-order valence-electron chi connectivity index (χ3n) is 5.78. The van der Waals surface area contributed by atoms with E-state index >= 15 is 0 Å². The summed E-state index contributed by atoms with van der Waals surface area (Å²) in [5.41, 5.74) is 4.83. The SMILES string of the molecule is O=C(O)CCCCC1=Nc2cc(C(=O)NCc3cccc(Cl)c3)ccc2NC1c1ccc(Cl)cc1. The molecule has 1 aliphatic heterocycles. The molecule has 6 nitrogen and oxygen atoms in total. The van der Waals surface area contributed by atoms with Crippen molar-refractivity contribution < 1.29 is 14.7 Å². The Bertz CT molecular complexity index is 1260. The molecule has 0 bridgehead atoms. The molecule has 0 aliphatic carbocycles. The number of benzene rings is 3. The molecule has 3 aromatic carbocycles. The van der Waals surface area contributed by atoms with Crippen molar-refractivity contribution >= 4 is 52.2 Å². The van der Waals surface area contributed by atoms with Crippen LogP contribution in [0.2, 0.25) is 10.0 Å². The number of nitrogens with one attached hydrogen (secondary N) is 2. The number of halogens is 2. The lowest BCUT2D eigenvalue weighted by Gasteiger charge is -2.28. The molecule has 4 rings (SSSR count). The molecule has 0 aromatic heterocycles. The van der Waals surface area contributed by atoms with Crippen molar-refractivity contribution in [1.29, 1.82) is 0 Å². The molecule has 0 saturated carbocycles. The number of carbonyl (C=O) groups is 2. The highest BCUT2D eigenvalue weighted by Crippen LogP contribution is 2.37. The molecule has 1 unspecified atom stereocenters. The van der Waals surface area contributed by atoms with Gasteiger partial charge in [0.1, 0.15) is 0 Å². The molecule has 1 amide bonds. The third-order valence-corrected chi connectivity index (χ3v) is 6.26. The fraction of sp³-hybridized carbons (Fsp3) is 0.222. The average Bonchev–Trinajstić information content (AvgIpc) is 2.85. The molecule has 0 radical (unpaired) electrons. The summed E-state index contributed by atoms with van der Waals surface area (Å²) in [6.07, 6.45) is 2.03. The topological polar surface area (TPSA) is 90.8 Å². The van der Waals surface area contributed by atoms with Gasteiger partial charge in [-0.1, -0.05) is 47.5 Å². The van der Waals surface area contributed by atoms with Crippen molar-refractivity contribution in [3.05, 3.63) is 93.5 Å². The van der Waals surface area contributed by atoms with E-state index < -0.39 is 5.97 Å². The van der Waals surface area contributed by atoms with Crippen molar-refractivity contribution in [3.8, 4) is 0 Å². The Labute approximate surface area is 214 Å². The number of hydrogen-bond donors (Lipinski definition) is 3. The molecule has 1 atom stereocenters. The Morgan fingerprint density at radius 3 is 2.51 bits per heavy atom. The van der Waals surface area contributed by atoms with E-state index in [0.29, 0.717) is 47.1 Å². The molecule has 8 heteroatoms. The van der Waals surface area contributed by atoms with Crippen molar-refractivity contribution in [2.24, 2.45) is 4.99 Å². The minimum Gasteiger partial charge on any atom is -0.481 e. The molecule has 3 aromatic rings. The number of hydrogen-bond acceptors (Lipinski definition) is 4. The minimum atomic E-state index is -0.804. The second-order valence-corrected chi connectivity index (χ2v) is 9.25. The predicted octanol–water partition coefficient (Wildman–Crippen LogP) is 6.81. The molecule has 0 fully saturated rings. The zero-order valence-corrected chi connectivity index (χ0v) is 20.4. The predicted molar refractivity (Wildman–Crippen MR) is 140 cm³/mol. The van der Waals surface area contributed by atoms with Crippen LogP contribution >= 0.6 is 23.2 Å². The van der Waals surface area contributed by atoms with Gasteiger partial charge in [-0.25, -0.2) is 0 Å². The van der Waals surface area contributed by atoms with Crippen LogP contribution < -0.4 is 10.6 Å². The van der Waals surface area contributed by atoms with E-state index in [2.05, 4.69) is 10.6 Å². The molecule has 35 heavy (non-hydrogen) atoms. The summed E-state index contributed by atoms with van der Waals surface area (Å²) in [7, 11) is 0. The smallest absolute Gasteiger partial charge is 0.303 e. The van der Waals surface area contributed by atoms with Crippen LogP contribution in [0, 0.1) is 0 Å². The maximum atomic E-state index is 12.8. The van der Waals surface area contributed by atoms with Crippen LogP contribution in [-0.4, -0.2) is 22.7 Å². The Kier molecular flexibility index (Phi) is 8.06. The third kappa shape index (κ3) is 6.62. The number of unbranched alkanes of at least 4 members (excludes halogenated alkanes) is 1. The number of fused-ring (bicyclic) bond motifs is 1. The van der Waals surface area contributed by atoms with Gasteiger partial charge in [-0.3, -0.25) is 14.6 Å². The maximum Gasteiger partial charge on any atom is 0.303 e. The minimum absolute atomic E-state index is 0.125. The molecular weight excluding hydrogens is 485 g/mol. The van der Waals surface area contributed by atoms with E-state index in [1.807, 2.05) is 48.5 Å². The van der Waals surface area contributed by atoms with Crippen LogP contribution in [0.3, 0.4) is 0 Å². The molecule has 1 heterocycles. The molecular formula is C27H25Cl2N3O3. The largest absolute Gasteiger partial charge is 0.481 e. The summed E-state index contributed by atoms with van der Waals surface area (Å²) in [6, 6.07) is 20.2. The average molecular weight is 510 g/mol. The second kappa shape index (κ2) is 11.4. The van der Waals surface area contributed by atoms with Crippen molar-refractivity contribution in [2.45, 2.75) is 38.3 Å². The van der Waals surface area contributed by atoms with Gasteiger partial charge in [0, 0.05) is 34.3 Å². The lowest BCUT2D eigenvalue weighted by Crippen LogP contribution is -2.25. The number of nitrogens with zero attached hydrogens (tertiary/aromatic N) is 1. The summed E-state index contributed by atoms with van der Waals surface area (Å²) in [6.45, 7) is 0.367. The second-order valence-electron chi connectivity index (χ2n) is 8.38. The number of amides is 1. The highest BCUT2D eigenvalue weighted by molar-refractivity contribution is 6.30. The van der Waals surface area contributed by atoms with Crippen LogP contribution in [0.5, 0.6) is 0 Å². The van der Waals surface area contributed by atoms with Gasteiger partial charge in [0.25, 0.3) is 5.91 Å². The van der Waals surface area contributed by atoms with E-state index in [1.165, 1.54) is 0 Å². The number of aliphatic imine (C=N–C) groups is 1. The number of carbonyl (C=O) groups excluding carboxylic acids is 1. The molecule has 1 aliphatic rings. The first kappa shape index (κ1) is 24.8. The van der Waals surface area contributed by atoms with Gasteiger partial charge in [-0.05, 0) is 72.9 Å². The van der Waals surface area contributed by atoms with Gasteiger partial charge in [-0.2, -0.15) is 0 Å². The van der Waals surface area contributed by atoms with Crippen LogP contribution in [0.4, 0.5) is 11.4 Å². The van der Waals surface area contributed by atoms with Gasteiger partial charge in [0.05, 0.1) is 17.4 Å². The quantitative estimate of drug-likeness (QED) is 0.276. The first-order chi connectivity index (χ1) is 16.9. The standard InChI is InChI=1S/C27H25Cl2N3O3/c28-20-11-8-18(9-12-20)26-23(6-1-2-7-25(33)34)31-24-15-19(10-13-22(24)32-26)27(35)30-16-17-4-3-5-21(29)14-17/h3-5,8-15,26,32H,1-2,6-7,16H2,(H,30,35)(H,33,34). The summed E-state index contributed by atoms with van der Waals surface area (Å²) in [5.74, 6) is -1.01. The zero-order valence-electron chi connectivity index (χ0n) is 18.9. The lowest BCUT2D eigenvalue weighted by atomic mass is 9.95. The first-order valence-electron chi connectivity index (χ1n) is 11.4. The summed E-state index contributed by atoms with van der Waals surface area (Å²) in [4.78, 5) is 28.6. The molecule has 0 saturated heterocycles.